The van der Waals surface area contributed by atoms with Crippen LogP contribution < -0.4 is 4.74 Å². The normalized spacial score (nSPS) is 15.7. The maximum absolute atomic E-state index is 12.4. The highest BCUT2D eigenvalue weighted by atomic mass is 32.2. The Labute approximate surface area is 152 Å². The van der Waals surface area contributed by atoms with Crippen molar-refractivity contribution >= 4 is 51.9 Å². The molecule has 0 atom stereocenters. The van der Waals surface area contributed by atoms with Gasteiger partial charge in [0.2, 0.25) is 0 Å². The van der Waals surface area contributed by atoms with E-state index in [1.54, 1.807) is 6.07 Å². The maximum atomic E-state index is 12.4. The molecule has 0 aliphatic carbocycles. The summed E-state index contributed by atoms with van der Waals surface area (Å²) in [5, 5.41) is 19.7. The van der Waals surface area contributed by atoms with Crippen LogP contribution in [-0.2, 0) is 9.59 Å². The summed E-state index contributed by atoms with van der Waals surface area (Å²) in [6.07, 6.45) is 1.76. The van der Waals surface area contributed by atoms with E-state index in [0.29, 0.717) is 21.2 Å². The SMILES string of the molecule is COc1ccc(/C=C2\SC(=S)N(CCCC(=O)O)C2=O)cc1[N+](=O)[O-]. The molecule has 132 valence electrons. The molecule has 0 radical (unpaired) electrons. The van der Waals surface area contributed by atoms with Gasteiger partial charge in [0.05, 0.1) is 16.9 Å². The first-order valence-electron chi connectivity index (χ1n) is 7.13. The van der Waals surface area contributed by atoms with Crippen molar-refractivity contribution in [3.05, 3.63) is 38.8 Å². The predicted molar refractivity (Wildman–Crippen MR) is 96.4 cm³/mol. The smallest absolute Gasteiger partial charge is 0.311 e. The van der Waals surface area contributed by atoms with Crippen LogP contribution >= 0.6 is 24.0 Å². The number of amides is 1. The minimum Gasteiger partial charge on any atom is -0.490 e. The van der Waals surface area contributed by atoms with Crippen molar-refractivity contribution in [1.82, 2.24) is 4.90 Å². The number of nitro benzene ring substituents is 1. The molecule has 1 aliphatic rings. The van der Waals surface area contributed by atoms with E-state index in [2.05, 4.69) is 0 Å². The molecule has 2 rings (SSSR count). The Hall–Kier alpha value is -2.46. The summed E-state index contributed by atoms with van der Waals surface area (Å²) in [6, 6.07) is 4.37. The molecule has 0 spiro atoms. The molecule has 1 aliphatic heterocycles. The molecule has 1 aromatic rings. The molecule has 1 amide bonds. The van der Waals surface area contributed by atoms with Crippen LogP contribution in [0.15, 0.2) is 23.1 Å². The van der Waals surface area contributed by atoms with E-state index in [0.717, 1.165) is 11.8 Å². The number of carbonyl (C=O) groups excluding carboxylic acids is 1. The average molecular weight is 382 g/mol. The fraction of sp³-hybridized carbons (Fsp3) is 0.267. The summed E-state index contributed by atoms with van der Waals surface area (Å²) in [5.41, 5.74) is 0.270. The standard InChI is InChI=1S/C15H14N2O6S2/c1-23-11-5-4-9(7-10(11)17(21)22)8-12-14(20)16(15(24)25-12)6-2-3-13(18)19/h4-5,7-8H,2-3,6H2,1H3,(H,18,19)/b12-8-. The highest BCUT2D eigenvalue weighted by Crippen LogP contribution is 2.34. The number of carboxylic acids is 1. The quantitative estimate of drug-likeness (QED) is 0.332. The lowest BCUT2D eigenvalue weighted by Crippen LogP contribution is -2.29. The molecule has 0 unspecified atom stereocenters. The lowest BCUT2D eigenvalue weighted by molar-refractivity contribution is -0.385. The summed E-state index contributed by atoms with van der Waals surface area (Å²) in [5.74, 6) is -1.14. The van der Waals surface area contributed by atoms with Crippen LogP contribution in [-0.4, -0.2) is 44.8 Å². The summed E-state index contributed by atoms with van der Waals surface area (Å²) in [6.45, 7) is 0.219. The molecular weight excluding hydrogens is 368 g/mol. The van der Waals surface area contributed by atoms with Crippen LogP contribution in [0.1, 0.15) is 18.4 Å². The van der Waals surface area contributed by atoms with E-state index in [1.807, 2.05) is 0 Å². The zero-order valence-electron chi connectivity index (χ0n) is 13.1. The van der Waals surface area contributed by atoms with E-state index in [4.69, 9.17) is 22.1 Å². The predicted octanol–water partition coefficient (Wildman–Crippen LogP) is 2.67. The maximum Gasteiger partial charge on any atom is 0.311 e. The van der Waals surface area contributed by atoms with Gasteiger partial charge in [-0.25, -0.2) is 0 Å². The van der Waals surface area contributed by atoms with Crippen LogP contribution in [0.25, 0.3) is 6.08 Å². The van der Waals surface area contributed by atoms with Gasteiger partial charge in [0.1, 0.15) is 4.32 Å². The van der Waals surface area contributed by atoms with Gasteiger partial charge in [0.25, 0.3) is 5.91 Å². The van der Waals surface area contributed by atoms with E-state index in [9.17, 15) is 19.7 Å². The topological polar surface area (TPSA) is 110 Å². The number of carbonyl (C=O) groups is 2. The number of methoxy groups -OCH3 is 1. The van der Waals surface area contributed by atoms with Crippen LogP contribution in [0.2, 0.25) is 0 Å². The first-order chi connectivity index (χ1) is 11.8. The monoisotopic (exact) mass is 382 g/mol. The highest BCUT2D eigenvalue weighted by molar-refractivity contribution is 8.26. The van der Waals surface area contributed by atoms with Crippen molar-refractivity contribution in [1.29, 1.82) is 0 Å². The number of thiocarbonyl (C=S) groups is 1. The molecule has 10 heteroatoms. The third-order valence-corrected chi connectivity index (χ3v) is 4.72. The molecular formula is C15H14N2O6S2. The second-order valence-electron chi connectivity index (χ2n) is 5.02. The Morgan fingerprint density at radius 3 is 2.84 bits per heavy atom. The molecule has 1 N–H and O–H groups in total. The Bertz CT molecular complexity index is 777. The van der Waals surface area contributed by atoms with Gasteiger partial charge in [0.15, 0.2) is 5.75 Å². The first kappa shape index (κ1) is 18.9. The van der Waals surface area contributed by atoms with Gasteiger partial charge >= 0.3 is 11.7 Å². The van der Waals surface area contributed by atoms with Crippen molar-refractivity contribution in [3.63, 3.8) is 0 Å². The number of benzene rings is 1. The number of hydrogen-bond acceptors (Lipinski definition) is 7. The van der Waals surface area contributed by atoms with Crippen molar-refractivity contribution < 1.29 is 24.4 Å². The largest absolute Gasteiger partial charge is 0.490 e. The lowest BCUT2D eigenvalue weighted by atomic mass is 10.1. The van der Waals surface area contributed by atoms with E-state index in [-0.39, 0.29) is 30.3 Å². The number of thioether (sulfide) groups is 1. The van der Waals surface area contributed by atoms with Gasteiger partial charge < -0.3 is 9.84 Å². The van der Waals surface area contributed by atoms with Gasteiger partial charge in [-0.3, -0.25) is 24.6 Å². The minimum atomic E-state index is -0.938. The Morgan fingerprint density at radius 1 is 1.52 bits per heavy atom. The fourth-order valence-electron chi connectivity index (χ4n) is 2.17. The molecule has 1 aromatic carbocycles. The summed E-state index contributed by atoms with van der Waals surface area (Å²) < 4.78 is 5.28. The van der Waals surface area contributed by atoms with Crippen molar-refractivity contribution in [2.75, 3.05) is 13.7 Å². The number of carboxylic acid groups (broad SMARTS) is 1. The summed E-state index contributed by atoms with van der Waals surface area (Å²) in [7, 11) is 1.34. The van der Waals surface area contributed by atoms with Crippen LogP contribution in [0, 0.1) is 10.1 Å². The number of rotatable bonds is 7. The molecule has 1 heterocycles. The molecule has 0 bridgehead atoms. The number of nitrogens with zero attached hydrogens (tertiary/aromatic N) is 2. The summed E-state index contributed by atoms with van der Waals surface area (Å²) >= 11 is 6.23. The van der Waals surface area contributed by atoms with Gasteiger partial charge in [-0.05, 0) is 24.1 Å². The van der Waals surface area contributed by atoms with Crippen molar-refractivity contribution in [2.45, 2.75) is 12.8 Å². The lowest BCUT2D eigenvalue weighted by Gasteiger charge is -2.13. The minimum absolute atomic E-state index is 0.0548. The Kier molecular flexibility index (Phi) is 6.10. The van der Waals surface area contributed by atoms with Gasteiger partial charge in [0, 0.05) is 19.0 Å². The first-order valence-corrected chi connectivity index (χ1v) is 8.35. The molecule has 8 nitrogen and oxygen atoms in total. The number of hydrogen-bond donors (Lipinski definition) is 1. The second kappa shape index (κ2) is 8.08. The number of nitro groups is 1. The zero-order valence-corrected chi connectivity index (χ0v) is 14.8. The fourth-order valence-corrected chi connectivity index (χ4v) is 3.48. The number of aliphatic carboxylic acids is 1. The van der Waals surface area contributed by atoms with E-state index in [1.165, 1.54) is 30.2 Å². The van der Waals surface area contributed by atoms with Crippen LogP contribution in [0.4, 0.5) is 5.69 Å². The molecule has 0 saturated carbocycles. The van der Waals surface area contributed by atoms with Gasteiger partial charge in [-0.1, -0.05) is 30.0 Å². The second-order valence-corrected chi connectivity index (χ2v) is 6.69. The number of ether oxygens (including phenoxy) is 1. The van der Waals surface area contributed by atoms with E-state index < -0.39 is 10.9 Å². The van der Waals surface area contributed by atoms with Crippen molar-refractivity contribution in [2.24, 2.45) is 0 Å². The Morgan fingerprint density at radius 2 is 2.24 bits per heavy atom. The zero-order chi connectivity index (χ0) is 18.6. The van der Waals surface area contributed by atoms with Gasteiger partial charge in [-0.2, -0.15) is 0 Å². The molecule has 1 fully saturated rings. The third-order valence-electron chi connectivity index (χ3n) is 3.34. The third kappa shape index (κ3) is 4.54. The van der Waals surface area contributed by atoms with Crippen LogP contribution in [0.3, 0.4) is 0 Å². The average Bonchev–Trinajstić information content (AvgIpc) is 2.81. The highest BCUT2D eigenvalue weighted by Gasteiger charge is 2.31. The van der Waals surface area contributed by atoms with E-state index >= 15 is 0 Å². The van der Waals surface area contributed by atoms with Gasteiger partial charge in [-0.15, -0.1) is 0 Å². The Balaban J connectivity index is 2.20. The van der Waals surface area contributed by atoms with Crippen LogP contribution in [0.5, 0.6) is 5.75 Å². The van der Waals surface area contributed by atoms with Crippen molar-refractivity contribution in [3.8, 4) is 5.75 Å². The molecule has 25 heavy (non-hydrogen) atoms. The molecule has 0 aromatic heterocycles. The summed E-state index contributed by atoms with van der Waals surface area (Å²) in [4.78, 5) is 35.1. The molecule has 1 saturated heterocycles.